The summed E-state index contributed by atoms with van der Waals surface area (Å²) < 4.78 is 0. The summed E-state index contributed by atoms with van der Waals surface area (Å²) in [4.78, 5) is 26.1. The molecule has 0 bridgehead atoms. The average molecular weight is 267 g/mol. The summed E-state index contributed by atoms with van der Waals surface area (Å²) in [5.74, 6) is -0.633. The molecule has 108 valence electrons. The molecule has 1 saturated heterocycles. The van der Waals surface area contributed by atoms with Crippen LogP contribution in [0.15, 0.2) is 0 Å². The quantitative estimate of drug-likeness (QED) is 0.852. The first-order valence-electron chi connectivity index (χ1n) is 7.66. The topological polar surface area (TPSA) is 57.6 Å². The van der Waals surface area contributed by atoms with E-state index in [1.807, 2.05) is 6.92 Å². The minimum Gasteiger partial charge on any atom is -0.479 e. The normalized spacial score (nSPS) is 28.6. The molecule has 1 saturated carbocycles. The third-order valence-corrected chi connectivity index (χ3v) is 4.77. The zero-order chi connectivity index (χ0) is 13.9. The van der Waals surface area contributed by atoms with E-state index in [-0.39, 0.29) is 11.8 Å². The Morgan fingerprint density at radius 3 is 2.47 bits per heavy atom. The molecule has 0 aromatic carbocycles. The van der Waals surface area contributed by atoms with Gasteiger partial charge in [0.25, 0.3) is 0 Å². The van der Waals surface area contributed by atoms with Crippen molar-refractivity contribution in [2.24, 2.45) is 5.92 Å². The van der Waals surface area contributed by atoms with Crippen LogP contribution in [0.4, 0.5) is 0 Å². The van der Waals surface area contributed by atoms with Gasteiger partial charge in [-0.2, -0.15) is 0 Å². The van der Waals surface area contributed by atoms with Crippen LogP contribution in [0.5, 0.6) is 0 Å². The fourth-order valence-electron chi connectivity index (χ4n) is 3.77. The van der Waals surface area contributed by atoms with Crippen molar-refractivity contribution in [1.82, 2.24) is 4.90 Å². The van der Waals surface area contributed by atoms with E-state index in [9.17, 15) is 14.7 Å². The highest BCUT2D eigenvalue weighted by Crippen LogP contribution is 2.37. The lowest BCUT2D eigenvalue weighted by atomic mass is 9.85. The van der Waals surface area contributed by atoms with E-state index >= 15 is 0 Å². The van der Waals surface area contributed by atoms with Crippen LogP contribution in [0.3, 0.4) is 0 Å². The Labute approximate surface area is 115 Å². The van der Waals surface area contributed by atoms with Gasteiger partial charge < -0.3 is 10.0 Å². The molecule has 2 fully saturated rings. The first-order chi connectivity index (χ1) is 9.12. The van der Waals surface area contributed by atoms with Gasteiger partial charge in [0.1, 0.15) is 5.54 Å². The van der Waals surface area contributed by atoms with Gasteiger partial charge in [0.2, 0.25) is 5.91 Å². The highest BCUT2D eigenvalue weighted by molar-refractivity contribution is 5.88. The molecule has 1 unspecified atom stereocenters. The van der Waals surface area contributed by atoms with Crippen molar-refractivity contribution in [1.29, 1.82) is 0 Å². The van der Waals surface area contributed by atoms with Crippen molar-refractivity contribution < 1.29 is 14.7 Å². The number of amides is 1. The van der Waals surface area contributed by atoms with E-state index in [4.69, 9.17) is 0 Å². The number of aliphatic carboxylic acids is 1. The molecule has 4 heteroatoms. The molecular formula is C15H25NO3. The molecule has 1 aliphatic heterocycles. The fourth-order valence-corrected chi connectivity index (χ4v) is 3.77. The minimum atomic E-state index is -0.913. The molecule has 2 aliphatic rings. The van der Waals surface area contributed by atoms with Crippen LogP contribution >= 0.6 is 0 Å². The van der Waals surface area contributed by atoms with E-state index in [0.29, 0.717) is 19.4 Å². The maximum atomic E-state index is 12.7. The second-order valence-electron chi connectivity index (χ2n) is 6.02. The van der Waals surface area contributed by atoms with Crippen molar-refractivity contribution >= 4 is 11.9 Å². The van der Waals surface area contributed by atoms with Crippen LogP contribution in [0.1, 0.15) is 64.7 Å². The monoisotopic (exact) mass is 267 g/mol. The van der Waals surface area contributed by atoms with E-state index in [2.05, 4.69) is 0 Å². The number of carboxylic acids is 1. The average Bonchev–Trinajstić information content (AvgIpc) is 2.84. The number of rotatable bonds is 4. The lowest BCUT2D eigenvalue weighted by molar-refractivity contribution is -0.159. The standard InChI is InChI=1S/C15H25NO3/c1-2-9-15(14(18)19)10-6-11-16(15)13(17)12-7-4-3-5-8-12/h12H,2-11H2,1H3,(H,18,19). The number of likely N-dealkylation sites (tertiary alicyclic amines) is 1. The van der Waals surface area contributed by atoms with Gasteiger partial charge in [-0.05, 0) is 32.1 Å². The number of hydrogen-bond acceptors (Lipinski definition) is 2. The molecule has 0 aromatic heterocycles. The predicted octanol–water partition coefficient (Wildman–Crippen LogP) is 2.81. The molecule has 4 nitrogen and oxygen atoms in total. The number of nitrogens with zero attached hydrogens (tertiary/aromatic N) is 1. The molecule has 1 amide bonds. The molecule has 0 aromatic rings. The summed E-state index contributed by atoms with van der Waals surface area (Å²) in [6.07, 6.45) is 8.15. The van der Waals surface area contributed by atoms with Gasteiger partial charge in [-0.15, -0.1) is 0 Å². The molecule has 1 heterocycles. The summed E-state index contributed by atoms with van der Waals surface area (Å²) in [5, 5.41) is 9.62. The van der Waals surface area contributed by atoms with E-state index in [0.717, 1.165) is 38.5 Å². The van der Waals surface area contributed by atoms with Gasteiger partial charge in [-0.25, -0.2) is 4.79 Å². The predicted molar refractivity (Wildman–Crippen MR) is 72.8 cm³/mol. The maximum Gasteiger partial charge on any atom is 0.329 e. The van der Waals surface area contributed by atoms with Crippen molar-refractivity contribution in [3.8, 4) is 0 Å². The lowest BCUT2D eigenvalue weighted by Gasteiger charge is -2.37. The number of carbonyl (C=O) groups excluding carboxylic acids is 1. The van der Waals surface area contributed by atoms with Gasteiger partial charge in [0.05, 0.1) is 0 Å². The van der Waals surface area contributed by atoms with Crippen molar-refractivity contribution in [3.63, 3.8) is 0 Å². The largest absolute Gasteiger partial charge is 0.479 e. The number of hydrogen-bond donors (Lipinski definition) is 1. The van der Waals surface area contributed by atoms with Gasteiger partial charge >= 0.3 is 5.97 Å². The Hall–Kier alpha value is -1.06. The summed E-state index contributed by atoms with van der Waals surface area (Å²) in [5.41, 5.74) is -0.913. The SMILES string of the molecule is CCCC1(C(=O)O)CCCN1C(=O)C1CCCCC1. The first-order valence-corrected chi connectivity index (χ1v) is 7.66. The summed E-state index contributed by atoms with van der Waals surface area (Å²) >= 11 is 0. The highest BCUT2D eigenvalue weighted by atomic mass is 16.4. The second kappa shape index (κ2) is 5.93. The Balaban J connectivity index is 2.16. The highest BCUT2D eigenvalue weighted by Gasteiger charge is 2.50. The Kier molecular flexibility index (Phi) is 4.48. The smallest absolute Gasteiger partial charge is 0.329 e. The zero-order valence-electron chi connectivity index (χ0n) is 11.9. The summed E-state index contributed by atoms with van der Waals surface area (Å²) in [7, 11) is 0. The van der Waals surface area contributed by atoms with Crippen LogP contribution in [0.2, 0.25) is 0 Å². The molecule has 1 atom stereocenters. The molecule has 19 heavy (non-hydrogen) atoms. The van der Waals surface area contributed by atoms with Crippen LogP contribution in [-0.4, -0.2) is 34.0 Å². The fraction of sp³-hybridized carbons (Fsp3) is 0.867. The van der Waals surface area contributed by atoms with Gasteiger partial charge in [-0.3, -0.25) is 4.79 Å². The zero-order valence-corrected chi connectivity index (χ0v) is 11.9. The Morgan fingerprint density at radius 2 is 1.89 bits per heavy atom. The number of carbonyl (C=O) groups is 2. The third-order valence-electron chi connectivity index (χ3n) is 4.77. The maximum absolute atomic E-state index is 12.7. The van der Waals surface area contributed by atoms with E-state index in [1.165, 1.54) is 6.42 Å². The summed E-state index contributed by atoms with van der Waals surface area (Å²) in [6.45, 7) is 2.62. The molecular weight excluding hydrogens is 242 g/mol. The molecule has 1 aliphatic carbocycles. The van der Waals surface area contributed by atoms with Crippen molar-refractivity contribution in [2.75, 3.05) is 6.54 Å². The minimum absolute atomic E-state index is 0.0717. The first kappa shape index (κ1) is 14.4. The van der Waals surface area contributed by atoms with Crippen LogP contribution in [-0.2, 0) is 9.59 Å². The molecule has 1 N–H and O–H groups in total. The van der Waals surface area contributed by atoms with Crippen LogP contribution in [0.25, 0.3) is 0 Å². The number of carboxylic acid groups (broad SMARTS) is 1. The van der Waals surface area contributed by atoms with Crippen molar-refractivity contribution in [2.45, 2.75) is 70.3 Å². The molecule has 2 rings (SSSR count). The Bertz CT molecular complexity index is 349. The van der Waals surface area contributed by atoms with Crippen molar-refractivity contribution in [3.05, 3.63) is 0 Å². The second-order valence-corrected chi connectivity index (χ2v) is 6.02. The van der Waals surface area contributed by atoms with Gasteiger partial charge in [-0.1, -0.05) is 32.6 Å². The lowest BCUT2D eigenvalue weighted by Crippen LogP contribution is -2.54. The van der Waals surface area contributed by atoms with E-state index < -0.39 is 11.5 Å². The summed E-state index contributed by atoms with van der Waals surface area (Å²) in [6, 6.07) is 0. The van der Waals surface area contributed by atoms with Gasteiger partial charge in [0.15, 0.2) is 0 Å². The molecule has 0 spiro atoms. The van der Waals surface area contributed by atoms with Crippen LogP contribution in [0, 0.1) is 5.92 Å². The van der Waals surface area contributed by atoms with Crippen LogP contribution < -0.4 is 0 Å². The van der Waals surface area contributed by atoms with Gasteiger partial charge in [0, 0.05) is 12.5 Å². The third kappa shape index (κ3) is 2.63. The Morgan fingerprint density at radius 1 is 1.21 bits per heavy atom. The molecule has 0 radical (unpaired) electrons. The van der Waals surface area contributed by atoms with E-state index in [1.54, 1.807) is 4.90 Å².